The number of aliphatic carboxylic acids is 1. The first-order valence-corrected chi connectivity index (χ1v) is 17.6. The third-order valence-electron chi connectivity index (χ3n) is 8.30. The molecule has 7 N–H and O–H groups in total. The maximum atomic E-state index is 13.6. The van der Waals surface area contributed by atoms with E-state index in [9.17, 15) is 33.9 Å². The van der Waals surface area contributed by atoms with Gasteiger partial charge in [0.05, 0.1) is 18.6 Å². The number of aryl methyl sites for hydroxylation is 1. The first-order valence-electron chi connectivity index (χ1n) is 17.6. The minimum atomic E-state index is -1.27. The van der Waals surface area contributed by atoms with Crippen LogP contribution in [0.25, 0.3) is 0 Å². The number of benzene rings is 1. The molecule has 0 aliphatic rings. The SMILES string of the molecule is CCC[C@H](NC(=O)[C@@H](NC(=O)CCCC(=O)O)[C@H](C)CC)C(=O)N[C@@H](CC(C)C)[C@@H](O)CC(=O)N[C@@H](CCc1ccccc1)C(=O)NCC. The lowest BCUT2D eigenvalue weighted by Crippen LogP contribution is -2.57. The molecule has 0 fully saturated rings. The van der Waals surface area contributed by atoms with Gasteiger partial charge in [-0.2, -0.15) is 0 Å². The van der Waals surface area contributed by atoms with Gasteiger partial charge in [0, 0.05) is 19.4 Å². The van der Waals surface area contributed by atoms with Crippen LogP contribution in [-0.2, 0) is 35.2 Å². The quantitative estimate of drug-likeness (QED) is 0.0858. The standard InChI is InChI=1S/C36H59N5O8/c1-7-14-26(39-36(49)33(24(6)8-2)41-30(43)17-13-18-32(45)46)35(48)40-28(21-23(4)5)29(42)22-31(44)38-27(34(47)37-9-3)20-19-25-15-11-10-12-16-25/h10-12,15-16,23-24,26-29,33,42H,7-9,13-14,17-22H2,1-6H3,(H,37,47)(H,38,44)(H,39,49)(H,40,48)(H,41,43)(H,45,46)/t24-,26+,27+,28+,29+,33+/m1/s1. The molecule has 0 radical (unpaired) electrons. The van der Waals surface area contributed by atoms with Crippen molar-refractivity contribution in [1.29, 1.82) is 0 Å². The molecule has 0 heterocycles. The molecule has 0 aromatic heterocycles. The van der Waals surface area contributed by atoms with Crippen molar-refractivity contribution in [3.8, 4) is 0 Å². The average molecular weight is 690 g/mol. The average Bonchev–Trinajstić information content (AvgIpc) is 3.04. The van der Waals surface area contributed by atoms with Crippen LogP contribution in [0.15, 0.2) is 30.3 Å². The molecule has 0 saturated carbocycles. The molecule has 0 aliphatic carbocycles. The lowest BCUT2D eigenvalue weighted by Gasteiger charge is -2.30. The maximum Gasteiger partial charge on any atom is 0.303 e. The van der Waals surface area contributed by atoms with E-state index in [0.29, 0.717) is 38.6 Å². The Morgan fingerprint density at radius 3 is 1.98 bits per heavy atom. The van der Waals surface area contributed by atoms with Gasteiger partial charge in [0.25, 0.3) is 0 Å². The monoisotopic (exact) mass is 689 g/mol. The van der Waals surface area contributed by atoms with E-state index in [1.807, 2.05) is 58.0 Å². The van der Waals surface area contributed by atoms with Gasteiger partial charge in [0.15, 0.2) is 0 Å². The van der Waals surface area contributed by atoms with Crippen LogP contribution in [0, 0.1) is 11.8 Å². The Balaban J connectivity index is 3.00. The van der Waals surface area contributed by atoms with Gasteiger partial charge < -0.3 is 36.8 Å². The molecule has 0 bridgehead atoms. The zero-order chi connectivity index (χ0) is 36.9. The van der Waals surface area contributed by atoms with Gasteiger partial charge in [-0.1, -0.05) is 77.8 Å². The highest BCUT2D eigenvalue weighted by Gasteiger charge is 2.32. The van der Waals surface area contributed by atoms with Gasteiger partial charge in [-0.15, -0.1) is 0 Å². The Hall–Kier alpha value is -4.00. The summed E-state index contributed by atoms with van der Waals surface area (Å²) in [6.45, 7) is 11.5. The summed E-state index contributed by atoms with van der Waals surface area (Å²) in [5, 5.41) is 33.8. The number of rotatable bonds is 24. The zero-order valence-electron chi connectivity index (χ0n) is 30.1. The summed E-state index contributed by atoms with van der Waals surface area (Å²) < 4.78 is 0. The number of aliphatic hydroxyl groups is 1. The third-order valence-corrected chi connectivity index (χ3v) is 8.30. The normalized spacial score (nSPS) is 14.8. The number of likely N-dealkylation sites (N-methyl/N-ethyl adjacent to an activating group) is 1. The van der Waals surface area contributed by atoms with E-state index < -0.39 is 59.9 Å². The molecule has 13 nitrogen and oxygen atoms in total. The second-order valence-corrected chi connectivity index (χ2v) is 13.1. The zero-order valence-corrected chi connectivity index (χ0v) is 30.1. The molecule has 0 spiro atoms. The summed E-state index contributed by atoms with van der Waals surface area (Å²) in [6, 6.07) is 6.06. The number of carbonyl (C=O) groups is 6. The smallest absolute Gasteiger partial charge is 0.303 e. The molecule has 6 atom stereocenters. The molecule has 1 rings (SSSR count). The fourth-order valence-electron chi connectivity index (χ4n) is 5.38. The lowest BCUT2D eigenvalue weighted by molar-refractivity contribution is -0.137. The Morgan fingerprint density at radius 1 is 0.755 bits per heavy atom. The first kappa shape index (κ1) is 43.0. The van der Waals surface area contributed by atoms with Crippen molar-refractivity contribution in [2.24, 2.45) is 11.8 Å². The van der Waals surface area contributed by atoms with E-state index in [-0.39, 0.29) is 49.8 Å². The van der Waals surface area contributed by atoms with Crippen molar-refractivity contribution in [3.05, 3.63) is 35.9 Å². The molecule has 1 aromatic rings. The largest absolute Gasteiger partial charge is 0.481 e. The Bertz CT molecular complexity index is 1200. The van der Waals surface area contributed by atoms with Crippen LogP contribution in [0.1, 0.15) is 105 Å². The predicted octanol–water partition coefficient (Wildman–Crippen LogP) is 2.59. The number of hydrogen-bond acceptors (Lipinski definition) is 7. The molecule has 0 saturated heterocycles. The van der Waals surface area contributed by atoms with Crippen LogP contribution < -0.4 is 26.6 Å². The van der Waals surface area contributed by atoms with Crippen LogP contribution in [0.5, 0.6) is 0 Å². The second-order valence-electron chi connectivity index (χ2n) is 13.1. The maximum absolute atomic E-state index is 13.6. The van der Waals surface area contributed by atoms with Crippen molar-refractivity contribution in [3.63, 3.8) is 0 Å². The summed E-state index contributed by atoms with van der Waals surface area (Å²) in [5.74, 6) is -3.61. The number of carboxylic acid groups (broad SMARTS) is 1. The summed E-state index contributed by atoms with van der Waals surface area (Å²) in [5.41, 5.74) is 1.02. The van der Waals surface area contributed by atoms with Gasteiger partial charge in [0.1, 0.15) is 18.1 Å². The van der Waals surface area contributed by atoms with E-state index >= 15 is 0 Å². The van der Waals surface area contributed by atoms with Gasteiger partial charge in [-0.3, -0.25) is 28.8 Å². The van der Waals surface area contributed by atoms with Crippen molar-refractivity contribution < 1.29 is 39.0 Å². The topological polar surface area (TPSA) is 203 Å². The molecule has 5 amide bonds. The number of amides is 5. The molecular formula is C36H59N5O8. The summed E-state index contributed by atoms with van der Waals surface area (Å²) >= 11 is 0. The molecular weight excluding hydrogens is 630 g/mol. The Kier molecular flexibility index (Phi) is 20.5. The predicted molar refractivity (Wildman–Crippen MR) is 187 cm³/mol. The highest BCUT2D eigenvalue weighted by molar-refractivity contribution is 5.92. The van der Waals surface area contributed by atoms with E-state index in [4.69, 9.17) is 5.11 Å². The third kappa shape index (κ3) is 17.3. The number of carbonyl (C=O) groups excluding carboxylic acids is 5. The molecule has 276 valence electrons. The summed E-state index contributed by atoms with van der Waals surface area (Å²) in [6.07, 6.45) is 0.977. The van der Waals surface area contributed by atoms with Gasteiger partial charge in [-0.05, 0) is 56.4 Å². The fraction of sp³-hybridized carbons (Fsp3) is 0.667. The van der Waals surface area contributed by atoms with Crippen LogP contribution >= 0.6 is 0 Å². The van der Waals surface area contributed by atoms with Gasteiger partial charge in [0.2, 0.25) is 29.5 Å². The summed E-state index contributed by atoms with van der Waals surface area (Å²) in [7, 11) is 0. The second kappa shape index (κ2) is 23.4. The van der Waals surface area contributed by atoms with Crippen molar-refractivity contribution in [2.45, 2.75) is 136 Å². The summed E-state index contributed by atoms with van der Waals surface area (Å²) in [4.78, 5) is 76.2. The number of carboxylic acids is 1. The van der Waals surface area contributed by atoms with E-state index in [2.05, 4.69) is 26.6 Å². The first-order chi connectivity index (χ1) is 23.2. The van der Waals surface area contributed by atoms with Crippen molar-refractivity contribution in [2.75, 3.05) is 6.54 Å². The van der Waals surface area contributed by atoms with Crippen LogP contribution in [-0.4, -0.2) is 82.5 Å². The fourth-order valence-corrected chi connectivity index (χ4v) is 5.38. The number of hydrogen-bond donors (Lipinski definition) is 7. The van der Waals surface area contributed by atoms with Crippen molar-refractivity contribution in [1.82, 2.24) is 26.6 Å². The Morgan fingerprint density at radius 2 is 1.41 bits per heavy atom. The van der Waals surface area contributed by atoms with Crippen molar-refractivity contribution >= 4 is 35.5 Å². The molecule has 1 aromatic carbocycles. The van der Waals surface area contributed by atoms with Gasteiger partial charge in [-0.25, -0.2) is 0 Å². The number of nitrogens with one attached hydrogen (secondary N) is 5. The Labute approximate surface area is 291 Å². The van der Waals surface area contributed by atoms with E-state index in [0.717, 1.165) is 5.56 Å². The molecule has 13 heteroatoms. The minimum Gasteiger partial charge on any atom is -0.481 e. The van der Waals surface area contributed by atoms with Crippen LogP contribution in [0.3, 0.4) is 0 Å². The highest BCUT2D eigenvalue weighted by atomic mass is 16.4. The van der Waals surface area contributed by atoms with E-state index in [1.165, 1.54) is 0 Å². The molecule has 0 aliphatic heterocycles. The van der Waals surface area contributed by atoms with Crippen LogP contribution in [0.4, 0.5) is 0 Å². The molecule has 49 heavy (non-hydrogen) atoms. The van der Waals surface area contributed by atoms with E-state index in [1.54, 1.807) is 13.8 Å². The van der Waals surface area contributed by atoms with Crippen LogP contribution in [0.2, 0.25) is 0 Å². The highest BCUT2D eigenvalue weighted by Crippen LogP contribution is 2.14. The number of aliphatic hydroxyl groups excluding tert-OH is 1. The molecule has 0 unspecified atom stereocenters. The van der Waals surface area contributed by atoms with Gasteiger partial charge >= 0.3 is 5.97 Å². The lowest BCUT2D eigenvalue weighted by atomic mass is 9.95. The minimum absolute atomic E-state index is 0.0438.